The molecule has 1 N–H and O–H groups in total. The summed E-state index contributed by atoms with van der Waals surface area (Å²) in [5.74, 6) is 2.91. The number of Topliss-reactive ketones (excluding diaryl/α,β-unsaturated/α-hetero) is 2. The number of aromatic amines is 1. The molecule has 3 heterocycles. The molecule has 3 aromatic rings. The Bertz CT molecular complexity index is 1380. The van der Waals surface area contributed by atoms with Crippen molar-refractivity contribution in [2.24, 2.45) is 0 Å². The molecule has 2 amide bonds. The summed E-state index contributed by atoms with van der Waals surface area (Å²) in [5.41, 5.74) is 1.20. The highest BCUT2D eigenvalue weighted by Gasteiger charge is 2.34. The maximum absolute atomic E-state index is 13.1. The Kier molecular flexibility index (Phi) is 6.48. The van der Waals surface area contributed by atoms with Gasteiger partial charge in [-0.3, -0.25) is 19.2 Å². The lowest BCUT2D eigenvalue weighted by Crippen LogP contribution is -2.56. The lowest BCUT2D eigenvalue weighted by atomic mass is 10.1. The molecular weight excluding hydrogens is 456 g/mol. The molecule has 1 saturated heterocycles. The van der Waals surface area contributed by atoms with Crippen LogP contribution in [0.1, 0.15) is 46.3 Å². The maximum Gasteiger partial charge on any atom is 0.295 e. The molecule has 0 aliphatic carbocycles. The summed E-state index contributed by atoms with van der Waals surface area (Å²) < 4.78 is 0. The molecule has 1 aromatic carbocycles. The maximum atomic E-state index is 13.1. The minimum absolute atomic E-state index is 0. The molecule has 0 radical (unpaired) electrons. The van der Waals surface area contributed by atoms with E-state index in [1.54, 1.807) is 36.1 Å². The van der Waals surface area contributed by atoms with Gasteiger partial charge in [0.25, 0.3) is 17.6 Å². The highest BCUT2D eigenvalue weighted by molar-refractivity contribution is 6.45. The van der Waals surface area contributed by atoms with Crippen molar-refractivity contribution in [3.05, 3.63) is 64.4 Å². The highest BCUT2D eigenvalue weighted by Crippen LogP contribution is 2.25. The third-order valence-electron chi connectivity index (χ3n) is 5.72. The van der Waals surface area contributed by atoms with Crippen LogP contribution in [0.3, 0.4) is 0 Å². The normalized spacial score (nSPS) is 15.6. The van der Waals surface area contributed by atoms with E-state index in [-0.39, 0.29) is 41.7 Å². The van der Waals surface area contributed by atoms with E-state index in [0.717, 1.165) is 0 Å². The zero-order valence-corrected chi connectivity index (χ0v) is 19.3. The smallest absolute Gasteiger partial charge is 0.295 e. The van der Waals surface area contributed by atoms with Crippen LogP contribution in [0.5, 0.6) is 0 Å². The fraction of sp³-hybridized carbons (Fsp3) is 0.240. The van der Waals surface area contributed by atoms with Gasteiger partial charge in [0.2, 0.25) is 5.78 Å². The van der Waals surface area contributed by atoms with Gasteiger partial charge in [0.1, 0.15) is 10.7 Å². The van der Waals surface area contributed by atoms with Gasteiger partial charge in [-0.1, -0.05) is 35.7 Å². The summed E-state index contributed by atoms with van der Waals surface area (Å²) in [7, 11) is 0. The number of benzene rings is 1. The Hall–Kier alpha value is -3.96. The Morgan fingerprint density at radius 2 is 1.88 bits per heavy atom. The van der Waals surface area contributed by atoms with Crippen molar-refractivity contribution in [1.29, 1.82) is 0 Å². The van der Waals surface area contributed by atoms with Crippen molar-refractivity contribution < 1.29 is 20.6 Å². The largest absolute Gasteiger partial charge is 0.358 e. The first-order chi connectivity index (χ1) is 16.3. The minimum atomic E-state index is -0.768. The number of carbonyl (C=O) groups excluding carboxylic acids is 4. The molecule has 1 aliphatic heterocycles. The molecule has 0 bridgehead atoms. The molecule has 1 fully saturated rings. The summed E-state index contributed by atoms with van der Waals surface area (Å²) >= 11 is 6.08. The van der Waals surface area contributed by atoms with Gasteiger partial charge in [0, 0.05) is 38.9 Å². The number of pyridine rings is 1. The molecule has 174 valence electrons. The van der Waals surface area contributed by atoms with Crippen LogP contribution in [0, 0.1) is 11.8 Å². The number of aromatic nitrogens is 2. The van der Waals surface area contributed by atoms with Crippen LogP contribution in [0.25, 0.3) is 11.0 Å². The van der Waals surface area contributed by atoms with Crippen LogP contribution in [-0.2, 0) is 4.79 Å². The Labute approximate surface area is 202 Å². The van der Waals surface area contributed by atoms with Crippen molar-refractivity contribution >= 4 is 46.0 Å². The average molecular weight is 479 g/mol. The number of fused-ring (bicyclic) bond motifs is 1. The predicted molar refractivity (Wildman–Crippen MR) is 129 cm³/mol. The molecule has 0 saturated carbocycles. The molecule has 4 rings (SSSR count). The predicted octanol–water partition coefficient (Wildman–Crippen LogP) is 3.22. The van der Waals surface area contributed by atoms with Crippen LogP contribution >= 0.6 is 11.6 Å². The van der Waals surface area contributed by atoms with Crippen LogP contribution < -0.4 is 0 Å². The fourth-order valence-electron chi connectivity index (χ4n) is 4.05. The first-order valence-electron chi connectivity index (χ1n) is 10.7. The van der Waals surface area contributed by atoms with E-state index in [0.29, 0.717) is 24.2 Å². The molecule has 0 spiro atoms. The fourth-order valence-corrected chi connectivity index (χ4v) is 4.25. The number of hydrogen-bond donors (Lipinski definition) is 1. The Morgan fingerprint density at radius 1 is 1.15 bits per heavy atom. The van der Waals surface area contributed by atoms with E-state index < -0.39 is 17.5 Å². The van der Waals surface area contributed by atoms with Crippen molar-refractivity contribution in [2.45, 2.75) is 19.9 Å². The van der Waals surface area contributed by atoms with Crippen molar-refractivity contribution in [3.63, 3.8) is 0 Å². The van der Waals surface area contributed by atoms with Gasteiger partial charge >= 0.3 is 0 Å². The molecular formula is C25H23ClN4O4. The standard InChI is InChI=1S/C25H21ClN4O4.H2/c1-3-7-19(31)17-12-20(26)28-22-18(13-27-21(17)22)23(32)25(34)30-11-10-29(14-15(30)2)24(33)16-8-5-4-6-9-16;/h4-6,8-9,12-13,15,27H,10-11,14H2,1-2H3;1H/t15-;/m1./s1. The van der Waals surface area contributed by atoms with Gasteiger partial charge in [0.05, 0.1) is 16.6 Å². The first-order valence-corrected chi connectivity index (χ1v) is 11.0. The average Bonchev–Trinajstić information content (AvgIpc) is 3.26. The van der Waals surface area contributed by atoms with Crippen LogP contribution in [-0.4, -0.2) is 68.8 Å². The lowest BCUT2D eigenvalue weighted by molar-refractivity contribution is -0.130. The number of hydrogen-bond acceptors (Lipinski definition) is 5. The van der Waals surface area contributed by atoms with Crippen molar-refractivity contribution in [1.82, 2.24) is 19.8 Å². The van der Waals surface area contributed by atoms with Gasteiger partial charge < -0.3 is 14.8 Å². The van der Waals surface area contributed by atoms with E-state index in [9.17, 15) is 19.2 Å². The highest BCUT2D eigenvalue weighted by atomic mass is 35.5. The SMILES string of the molecule is CC#CC(=O)c1cc(Cl)nc2c(C(=O)C(=O)N3CCN(C(=O)c4ccccc4)C[C@H]3C)c[nH]c12.[HH]. The van der Waals surface area contributed by atoms with Crippen molar-refractivity contribution in [3.8, 4) is 11.8 Å². The molecule has 0 unspecified atom stereocenters. The number of piperazine rings is 1. The molecule has 1 aliphatic rings. The quantitative estimate of drug-likeness (QED) is 0.204. The van der Waals surface area contributed by atoms with Gasteiger partial charge in [-0.2, -0.15) is 0 Å². The number of nitrogens with zero attached hydrogens (tertiary/aromatic N) is 3. The van der Waals surface area contributed by atoms with Gasteiger partial charge in [-0.25, -0.2) is 4.98 Å². The number of rotatable bonds is 4. The molecule has 1 atom stereocenters. The number of nitrogens with one attached hydrogen (secondary N) is 1. The molecule has 2 aromatic heterocycles. The topological polar surface area (TPSA) is 103 Å². The number of carbonyl (C=O) groups is 4. The van der Waals surface area contributed by atoms with Crippen LogP contribution in [0.15, 0.2) is 42.6 Å². The second kappa shape index (κ2) is 9.49. The van der Waals surface area contributed by atoms with E-state index in [1.807, 2.05) is 6.07 Å². The second-order valence-corrected chi connectivity index (χ2v) is 8.30. The zero-order valence-electron chi connectivity index (χ0n) is 18.6. The molecule has 9 heteroatoms. The number of H-pyrrole nitrogens is 1. The molecule has 8 nitrogen and oxygen atoms in total. The Morgan fingerprint density at radius 3 is 2.56 bits per heavy atom. The Balaban J connectivity index is 0.00000342. The number of ketones is 2. The number of amides is 2. The van der Waals surface area contributed by atoms with E-state index in [2.05, 4.69) is 21.8 Å². The summed E-state index contributed by atoms with van der Waals surface area (Å²) in [6.07, 6.45) is 1.35. The summed E-state index contributed by atoms with van der Waals surface area (Å²) in [6.45, 7) is 4.16. The minimum Gasteiger partial charge on any atom is -0.358 e. The van der Waals surface area contributed by atoms with Crippen LogP contribution in [0.4, 0.5) is 0 Å². The van der Waals surface area contributed by atoms with E-state index >= 15 is 0 Å². The van der Waals surface area contributed by atoms with Crippen molar-refractivity contribution in [2.75, 3.05) is 19.6 Å². The zero-order chi connectivity index (χ0) is 24.4. The monoisotopic (exact) mass is 478 g/mol. The summed E-state index contributed by atoms with van der Waals surface area (Å²) in [6, 6.07) is 9.92. The second-order valence-electron chi connectivity index (χ2n) is 7.92. The third kappa shape index (κ3) is 4.30. The third-order valence-corrected chi connectivity index (χ3v) is 5.92. The van der Waals surface area contributed by atoms with E-state index in [4.69, 9.17) is 11.6 Å². The van der Waals surface area contributed by atoms with Gasteiger partial charge in [0.15, 0.2) is 0 Å². The lowest BCUT2D eigenvalue weighted by Gasteiger charge is -2.39. The van der Waals surface area contributed by atoms with Gasteiger partial charge in [-0.15, -0.1) is 0 Å². The number of halogens is 1. The van der Waals surface area contributed by atoms with E-state index in [1.165, 1.54) is 24.1 Å². The summed E-state index contributed by atoms with van der Waals surface area (Å²) in [4.78, 5) is 61.5. The molecule has 34 heavy (non-hydrogen) atoms. The summed E-state index contributed by atoms with van der Waals surface area (Å²) in [5, 5.41) is 0.0104. The van der Waals surface area contributed by atoms with Gasteiger partial charge in [-0.05, 0) is 38.0 Å². The first kappa shape index (κ1) is 23.2. The van der Waals surface area contributed by atoms with Crippen LogP contribution in [0.2, 0.25) is 5.15 Å².